The Hall–Kier alpha value is -1.66. The van der Waals surface area contributed by atoms with E-state index in [0.29, 0.717) is 0 Å². The Kier molecular flexibility index (Phi) is 3.01. The first-order chi connectivity index (χ1) is 9.73. The van der Waals surface area contributed by atoms with E-state index in [1.54, 1.807) is 6.20 Å². The highest BCUT2D eigenvalue weighted by molar-refractivity contribution is 6.65. The van der Waals surface area contributed by atoms with E-state index in [-0.39, 0.29) is 5.91 Å². The highest BCUT2D eigenvalue weighted by Crippen LogP contribution is 2.36. The molecule has 110 valence electrons. The molecule has 0 unspecified atom stereocenters. The molecule has 2 aromatic rings. The number of rotatable bonds is 1. The van der Waals surface area contributed by atoms with Crippen molar-refractivity contribution in [2.75, 3.05) is 0 Å². The van der Waals surface area contributed by atoms with Gasteiger partial charge in [-0.3, -0.25) is 4.79 Å². The fourth-order valence-corrected chi connectivity index (χ4v) is 2.50. The van der Waals surface area contributed by atoms with Crippen molar-refractivity contribution in [1.29, 1.82) is 0 Å². The topological polar surface area (TPSA) is 53.4 Å². The fraction of sp³-hybridized carbons (Fsp3) is 0.467. The predicted molar refractivity (Wildman–Crippen MR) is 81.7 cm³/mol. The number of benzene rings is 1. The summed E-state index contributed by atoms with van der Waals surface area (Å²) in [6, 6.07) is 5.72. The van der Waals surface area contributed by atoms with Gasteiger partial charge in [0.15, 0.2) is 0 Å². The molecule has 6 heteroatoms. The summed E-state index contributed by atoms with van der Waals surface area (Å²) in [7, 11) is -0.455. The smallest absolute Gasteiger partial charge is 0.399 e. The molecule has 0 amide bonds. The van der Waals surface area contributed by atoms with Crippen LogP contribution in [-0.4, -0.2) is 34.0 Å². The van der Waals surface area contributed by atoms with E-state index in [0.717, 1.165) is 16.4 Å². The van der Waals surface area contributed by atoms with Crippen LogP contribution in [0.1, 0.15) is 39.4 Å². The van der Waals surface area contributed by atoms with Crippen molar-refractivity contribution in [3.05, 3.63) is 24.4 Å². The summed E-state index contributed by atoms with van der Waals surface area (Å²) in [5.41, 5.74) is 0.889. The molecule has 0 atom stereocenters. The van der Waals surface area contributed by atoms with E-state index in [9.17, 15) is 4.79 Å². The Bertz CT molecular complexity index is 705. The molecule has 5 nitrogen and oxygen atoms in total. The third-order valence-electron chi connectivity index (χ3n) is 4.45. The first-order valence-electron chi connectivity index (χ1n) is 7.06. The maximum Gasteiger partial charge on any atom is 0.495 e. The van der Waals surface area contributed by atoms with Crippen LogP contribution in [0.25, 0.3) is 10.9 Å². The molecule has 1 aliphatic rings. The van der Waals surface area contributed by atoms with E-state index in [4.69, 9.17) is 9.31 Å². The number of hydrogen-bond donors (Lipinski definition) is 0. The number of hydrogen-bond acceptors (Lipinski definition) is 4. The average Bonchev–Trinajstić information content (AvgIpc) is 2.88. The predicted octanol–water partition coefficient (Wildman–Crippen LogP) is 2.00. The van der Waals surface area contributed by atoms with Gasteiger partial charge in [0.2, 0.25) is 5.91 Å². The Morgan fingerprint density at radius 2 is 1.81 bits per heavy atom. The van der Waals surface area contributed by atoms with Gasteiger partial charge in [-0.1, -0.05) is 12.1 Å². The van der Waals surface area contributed by atoms with Gasteiger partial charge in [-0.15, -0.1) is 0 Å². The second-order valence-corrected chi connectivity index (χ2v) is 6.44. The van der Waals surface area contributed by atoms with Gasteiger partial charge in [-0.05, 0) is 39.2 Å². The van der Waals surface area contributed by atoms with Crippen molar-refractivity contribution >= 4 is 29.4 Å². The maximum absolute atomic E-state index is 11.6. The van der Waals surface area contributed by atoms with E-state index in [2.05, 4.69) is 5.10 Å². The van der Waals surface area contributed by atoms with E-state index >= 15 is 0 Å². The molecule has 1 aromatic carbocycles. The summed E-state index contributed by atoms with van der Waals surface area (Å²) in [5.74, 6) is -0.115. The second kappa shape index (κ2) is 4.42. The molecule has 21 heavy (non-hydrogen) atoms. The zero-order valence-electron chi connectivity index (χ0n) is 13.0. The molecule has 1 aromatic heterocycles. The zero-order valence-corrected chi connectivity index (χ0v) is 13.0. The standard InChI is InChI=1S/C15H19BN2O3/c1-10(19)18-13-8-6-7-12(11(13)9-17-18)16-20-14(2,3)15(4,5)21-16/h6-9H,1-5H3. The van der Waals surface area contributed by atoms with Crippen molar-refractivity contribution in [2.24, 2.45) is 0 Å². The number of carbonyl (C=O) groups excluding carboxylic acids is 1. The minimum absolute atomic E-state index is 0.115. The van der Waals surface area contributed by atoms with Crippen LogP contribution in [-0.2, 0) is 9.31 Å². The third kappa shape index (κ3) is 2.10. The molecule has 3 rings (SSSR count). The number of carbonyl (C=O) groups is 1. The zero-order chi connectivity index (χ0) is 15.4. The van der Waals surface area contributed by atoms with Crippen molar-refractivity contribution in [2.45, 2.75) is 45.8 Å². The molecule has 2 heterocycles. The highest BCUT2D eigenvalue weighted by atomic mass is 16.7. The molecule has 0 bridgehead atoms. The van der Waals surface area contributed by atoms with Gasteiger partial charge in [-0.2, -0.15) is 5.10 Å². The number of nitrogens with zero attached hydrogens (tertiary/aromatic N) is 2. The van der Waals surface area contributed by atoms with Crippen LogP contribution < -0.4 is 5.46 Å². The Labute approximate surface area is 124 Å². The van der Waals surface area contributed by atoms with Gasteiger partial charge < -0.3 is 9.31 Å². The van der Waals surface area contributed by atoms with Crippen molar-refractivity contribution < 1.29 is 14.1 Å². The highest BCUT2D eigenvalue weighted by Gasteiger charge is 2.52. The Balaban J connectivity index is 2.09. The van der Waals surface area contributed by atoms with Gasteiger partial charge in [-0.25, -0.2) is 4.68 Å². The van der Waals surface area contributed by atoms with Crippen LogP contribution in [0.5, 0.6) is 0 Å². The van der Waals surface area contributed by atoms with Crippen molar-refractivity contribution in [1.82, 2.24) is 9.78 Å². The molecular weight excluding hydrogens is 267 g/mol. The van der Waals surface area contributed by atoms with Crippen LogP contribution in [0.3, 0.4) is 0 Å². The summed E-state index contributed by atoms with van der Waals surface area (Å²) in [5, 5.41) is 5.04. The first kappa shape index (κ1) is 14.3. The summed E-state index contributed by atoms with van der Waals surface area (Å²) < 4.78 is 13.6. The maximum atomic E-state index is 11.6. The molecule has 0 radical (unpaired) electrons. The summed E-state index contributed by atoms with van der Waals surface area (Å²) >= 11 is 0. The van der Waals surface area contributed by atoms with Gasteiger partial charge in [0.25, 0.3) is 0 Å². The van der Waals surface area contributed by atoms with Crippen molar-refractivity contribution in [3.8, 4) is 0 Å². The lowest BCUT2D eigenvalue weighted by atomic mass is 9.77. The van der Waals surface area contributed by atoms with Gasteiger partial charge in [0.1, 0.15) is 0 Å². The average molecular weight is 286 g/mol. The van der Waals surface area contributed by atoms with E-state index in [1.807, 2.05) is 45.9 Å². The lowest BCUT2D eigenvalue weighted by Gasteiger charge is -2.32. The van der Waals surface area contributed by atoms with E-state index < -0.39 is 18.3 Å². The van der Waals surface area contributed by atoms with Crippen LogP contribution in [0.4, 0.5) is 0 Å². The molecule has 1 aliphatic heterocycles. The third-order valence-corrected chi connectivity index (χ3v) is 4.45. The SMILES string of the molecule is CC(=O)n1ncc2c(B3OC(C)(C)C(C)(C)O3)cccc21. The van der Waals surface area contributed by atoms with Crippen LogP contribution in [0.15, 0.2) is 24.4 Å². The second-order valence-electron chi connectivity index (χ2n) is 6.44. The number of fused-ring (bicyclic) bond motifs is 1. The fourth-order valence-electron chi connectivity index (χ4n) is 2.50. The molecule has 0 aliphatic carbocycles. The van der Waals surface area contributed by atoms with Crippen LogP contribution >= 0.6 is 0 Å². The summed E-state index contributed by atoms with van der Waals surface area (Å²) in [4.78, 5) is 11.6. The molecule has 0 N–H and O–H groups in total. The van der Waals surface area contributed by atoms with Gasteiger partial charge in [0, 0.05) is 12.3 Å². The lowest BCUT2D eigenvalue weighted by molar-refractivity contribution is 0.00578. The monoisotopic (exact) mass is 286 g/mol. The lowest BCUT2D eigenvalue weighted by Crippen LogP contribution is -2.41. The van der Waals surface area contributed by atoms with Gasteiger partial charge >= 0.3 is 7.12 Å². The minimum atomic E-state index is -0.455. The quantitative estimate of drug-likeness (QED) is 0.752. The Morgan fingerprint density at radius 1 is 1.19 bits per heavy atom. The number of aromatic nitrogens is 2. The largest absolute Gasteiger partial charge is 0.495 e. The van der Waals surface area contributed by atoms with Crippen molar-refractivity contribution in [3.63, 3.8) is 0 Å². The molecule has 1 saturated heterocycles. The summed E-state index contributed by atoms with van der Waals surface area (Å²) in [6.45, 7) is 9.57. The van der Waals surface area contributed by atoms with E-state index in [1.165, 1.54) is 11.6 Å². The first-order valence-corrected chi connectivity index (χ1v) is 7.06. The molecule has 0 saturated carbocycles. The summed E-state index contributed by atoms with van der Waals surface area (Å²) in [6.07, 6.45) is 1.69. The van der Waals surface area contributed by atoms with Crippen LogP contribution in [0.2, 0.25) is 0 Å². The normalized spacial score (nSPS) is 20.1. The van der Waals surface area contributed by atoms with Crippen LogP contribution in [0, 0.1) is 0 Å². The van der Waals surface area contributed by atoms with Gasteiger partial charge in [0.05, 0.1) is 22.9 Å². The Morgan fingerprint density at radius 3 is 2.38 bits per heavy atom. The molecular formula is C15H19BN2O3. The molecule has 1 fully saturated rings. The molecule has 0 spiro atoms. The minimum Gasteiger partial charge on any atom is -0.399 e.